The Bertz CT molecular complexity index is 288. The standard InChI is InChI=1S/C12H21N3O2/c1-2-4-14-11-6-10(7-12(16)17)8-15(9-11)5-3-13/h10-11,14H,2,4-9H2,1H3,(H,16,17). The van der Waals surface area contributed by atoms with Gasteiger partial charge in [0.25, 0.3) is 0 Å². The Hall–Kier alpha value is -1.12. The zero-order chi connectivity index (χ0) is 12.7. The summed E-state index contributed by atoms with van der Waals surface area (Å²) in [6.45, 7) is 5.02. The number of nitrogens with zero attached hydrogens (tertiary/aromatic N) is 2. The lowest BCUT2D eigenvalue weighted by Gasteiger charge is -2.36. The van der Waals surface area contributed by atoms with Crippen LogP contribution in [0.25, 0.3) is 0 Å². The van der Waals surface area contributed by atoms with Crippen molar-refractivity contribution in [2.75, 3.05) is 26.2 Å². The van der Waals surface area contributed by atoms with E-state index < -0.39 is 5.97 Å². The molecule has 2 N–H and O–H groups in total. The van der Waals surface area contributed by atoms with Crippen LogP contribution >= 0.6 is 0 Å². The number of rotatable bonds is 6. The van der Waals surface area contributed by atoms with Gasteiger partial charge in [-0.1, -0.05) is 6.92 Å². The van der Waals surface area contributed by atoms with Crippen molar-refractivity contribution in [1.82, 2.24) is 10.2 Å². The van der Waals surface area contributed by atoms with Crippen molar-refractivity contribution < 1.29 is 9.90 Å². The number of nitrogens with one attached hydrogen (secondary N) is 1. The number of likely N-dealkylation sites (tertiary alicyclic amines) is 1. The van der Waals surface area contributed by atoms with Gasteiger partial charge in [-0.3, -0.25) is 9.69 Å². The Morgan fingerprint density at radius 1 is 1.59 bits per heavy atom. The molecule has 0 amide bonds. The van der Waals surface area contributed by atoms with E-state index in [4.69, 9.17) is 10.4 Å². The van der Waals surface area contributed by atoms with Crippen molar-refractivity contribution in [2.45, 2.75) is 32.2 Å². The zero-order valence-electron chi connectivity index (χ0n) is 10.4. The van der Waals surface area contributed by atoms with Gasteiger partial charge in [0.05, 0.1) is 12.6 Å². The number of hydrogen-bond donors (Lipinski definition) is 2. The van der Waals surface area contributed by atoms with Gasteiger partial charge in [-0.05, 0) is 25.3 Å². The first-order valence-corrected chi connectivity index (χ1v) is 6.20. The molecule has 0 aromatic heterocycles. The molecular weight excluding hydrogens is 218 g/mol. The van der Waals surface area contributed by atoms with Gasteiger partial charge in [0.1, 0.15) is 0 Å². The average Bonchev–Trinajstić information content (AvgIpc) is 2.25. The van der Waals surface area contributed by atoms with Crippen LogP contribution in [0.2, 0.25) is 0 Å². The maximum atomic E-state index is 10.7. The highest BCUT2D eigenvalue weighted by Crippen LogP contribution is 2.19. The highest BCUT2D eigenvalue weighted by atomic mass is 16.4. The second-order valence-electron chi connectivity index (χ2n) is 4.70. The molecule has 1 rings (SSSR count). The van der Waals surface area contributed by atoms with Gasteiger partial charge in [-0.15, -0.1) is 0 Å². The lowest BCUT2D eigenvalue weighted by Crippen LogP contribution is -2.49. The molecule has 0 spiro atoms. The Labute approximate surface area is 102 Å². The van der Waals surface area contributed by atoms with Crippen molar-refractivity contribution in [1.29, 1.82) is 5.26 Å². The van der Waals surface area contributed by atoms with E-state index in [9.17, 15) is 4.79 Å². The van der Waals surface area contributed by atoms with Crippen molar-refractivity contribution in [3.63, 3.8) is 0 Å². The molecule has 1 aliphatic heterocycles. The molecule has 2 unspecified atom stereocenters. The molecule has 5 heteroatoms. The molecule has 0 aromatic rings. The van der Waals surface area contributed by atoms with E-state index in [1.165, 1.54) is 0 Å². The Balaban J connectivity index is 2.49. The SMILES string of the molecule is CCCNC1CC(CC(=O)O)CN(CC#N)C1. The molecule has 1 heterocycles. The molecule has 0 saturated carbocycles. The Morgan fingerprint density at radius 2 is 2.35 bits per heavy atom. The molecule has 0 radical (unpaired) electrons. The fourth-order valence-electron chi connectivity index (χ4n) is 2.42. The van der Waals surface area contributed by atoms with Crippen LogP contribution in [0.1, 0.15) is 26.2 Å². The van der Waals surface area contributed by atoms with Gasteiger partial charge in [0, 0.05) is 25.6 Å². The second-order valence-corrected chi connectivity index (χ2v) is 4.70. The monoisotopic (exact) mass is 239 g/mol. The van der Waals surface area contributed by atoms with E-state index in [0.29, 0.717) is 12.6 Å². The first kappa shape index (κ1) is 13.9. The summed E-state index contributed by atoms with van der Waals surface area (Å²) >= 11 is 0. The van der Waals surface area contributed by atoms with E-state index in [1.54, 1.807) is 0 Å². The number of carboxylic acids is 1. The number of hydrogen-bond acceptors (Lipinski definition) is 4. The average molecular weight is 239 g/mol. The third-order valence-corrected chi connectivity index (χ3v) is 3.05. The topological polar surface area (TPSA) is 76.4 Å². The highest BCUT2D eigenvalue weighted by molar-refractivity contribution is 5.67. The number of piperidine rings is 1. The summed E-state index contributed by atoms with van der Waals surface area (Å²) in [4.78, 5) is 12.8. The van der Waals surface area contributed by atoms with Crippen LogP contribution in [0, 0.1) is 17.2 Å². The molecule has 5 nitrogen and oxygen atoms in total. The fraction of sp³-hybridized carbons (Fsp3) is 0.833. The molecule has 96 valence electrons. The quantitative estimate of drug-likeness (QED) is 0.666. The van der Waals surface area contributed by atoms with Crippen LogP contribution in [0.15, 0.2) is 0 Å². The van der Waals surface area contributed by atoms with Gasteiger partial charge in [-0.25, -0.2) is 0 Å². The van der Waals surface area contributed by atoms with Crippen LogP contribution in [-0.4, -0.2) is 48.2 Å². The summed E-state index contributed by atoms with van der Waals surface area (Å²) in [7, 11) is 0. The summed E-state index contributed by atoms with van der Waals surface area (Å²) in [5.41, 5.74) is 0. The maximum absolute atomic E-state index is 10.7. The van der Waals surface area contributed by atoms with Gasteiger partial charge in [0.2, 0.25) is 0 Å². The minimum Gasteiger partial charge on any atom is -0.481 e. The summed E-state index contributed by atoms with van der Waals surface area (Å²) in [6.07, 6.45) is 2.17. The van der Waals surface area contributed by atoms with Crippen molar-refractivity contribution >= 4 is 5.97 Å². The molecule has 1 saturated heterocycles. The van der Waals surface area contributed by atoms with E-state index in [1.807, 2.05) is 4.90 Å². The van der Waals surface area contributed by atoms with Crippen LogP contribution in [0.5, 0.6) is 0 Å². The number of carbonyl (C=O) groups is 1. The van der Waals surface area contributed by atoms with Crippen molar-refractivity contribution in [2.24, 2.45) is 5.92 Å². The molecule has 17 heavy (non-hydrogen) atoms. The van der Waals surface area contributed by atoms with E-state index in [0.717, 1.165) is 32.5 Å². The Morgan fingerprint density at radius 3 is 2.94 bits per heavy atom. The Kier molecular flexibility index (Phi) is 5.95. The number of nitriles is 1. The van der Waals surface area contributed by atoms with Crippen LogP contribution in [-0.2, 0) is 4.79 Å². The maximum Gasteiger partial charge on any atom is 0.303 e. The highest BCUT2D eigenvalue weighted by Gasteiger charge is 2.27. The lowest BCUT2D eigenvalue weighted by atomic mass is 9.91. The molecular formula is C12H21N3O2. The number of carboxylic acid groups (broad SMARTS) is 1. The van der Waals surface area contributed by atoms with Crippen molar-refractivity contribution in [3.8, 4) is 6.07 Å². The lowest BCUT2D eigenvalue weighted by molar-refractivity contribution is -0.138. The van der Waals surface area contributed by atoms with Crippen LogP contribution in [0.3, 0.4) is 0 Å². The predicted octanol–water partition coefficient (Wildman–Crippen LogP) is 0.675. The van der Waals surface area contributed by atoms with Gasteiger partial charge in [-0.2, -0.15) is 5.26 Å². The first-order chi connectivity index (χ1) is 8.15. The molecule has 1 fully saturated rings. The van der Waals surface area contributed by atoms with E-state index in [2.05, 4.69) is 18.3 Å². The van der Waals surface area contributed by atoms with Gasteiger partial charge < -0.3 is 10.4 Å². The number of aliphatic carboxylic acids is 1. The van der Waals surface area contributed by atoms with Crippen molar-refractivity contribution in [3.05, 3.63) is 0 Å². The molecule has 2 atom stereocenters. The minimum absolute atomic E-state index is 0.156. The molecule has 0 aliphatic carbocycles. The summed E-state index contributed by atoms with van der Waals surface area (Å²) < 4.78 is 0. The third kappa shape index (κ3) is 5.16. The first-order valence-electron chi connectivity index (χ1n) is 6.20. The fourth-order valence-corrected chi connectivity index (χ4v) is 2.42. The second kappa shape index (κ2) is 7.25. The molecule has 1 aliphatic rings. The largest absolute Gasteiger partial charge is 0.481 e. The zero-order valence-corrected chi connectivity index (χ0v) is 10.4. The third-order valence-electron chi connectivity index (χ3n) is 3.05. The molecule has 0 aromatic carbocycles. The minimum atomic E-state index is -0.747. The summed E-state index contributed by atoms with van der Waals surface area (Å²) in [5.74, 6) is -0.591. The van der Waals surface area contributed by atoms with Crippen LogP contribution < -0.4 is 5.32 Å². The summed E-state index contributed by atoms with van der Waals surface area (Å²) in [6, 6.07) is 2.46. The molecule has 0 bridgehead atoms. The van der Waals surface area contributed by atoms with Crippen LogP contribution in [0.4, 0.5) is 0 Å². The normalized spacial score (nSPS) is 25.4. The van der Waals surface area contributed by atoms with E-state index >= 15 is 0 Å². The van der Waals surface area contributed by atoms with Gasteiger partial charge in [0.15, 0.2) is 0 Å². The predicted molar refractivity (Wildman–Crippen MR) is 64.5 cm³/mol. The summed E-state index contributed by atoms with van der Waals surface area (Å²) in [5, 5.41) is 21.0. The van der Waals surface area contributed by atoms with E-state index in [-0.39, 0.29) is 12.3 Å². The van der Waals surface area contributed by atoms with Gasteiger partial charge >= 0.3 is 5.97 Å². The smallest absolute Gasteiger partial charge is 0.303 e.